The SMILES string of the molecule is OC(CC1CCCc2ccccc21)c1ncn[nH]1. The van der Waals surface area contributed by atoms with Gasteiger partial charge in [-0.15, -0.1) is 0 Å². The molecule has 1 heterocycles. The predicted octanol–water partition coefficient (Wildman–Crippen LogP) is 2.35. The molecule has 1 aromatic heterocycles. The number of aromatic nitrogens is 3. The van der Waals surface area contributed by atoms with Crippen LogP contribution in [0.3, 0.4) is 0 Å². The Bertz CT molecular complexity index is 510. The normalized spacial score (nSPS) is 20.4. The van der Waals surface area contributed by atoms with Crippen LogP contribution in [0.2, 0.25) is 0 Å². The van der Waals surface area contributed by atoms with Gasteiger partial charge in [-0.25, -0.2) is 4.98 Å². The third kappa shape index (κ3) is 2.16. The molecule has 94 valence electrons. The Kier molecular flexibility index (Phi) is 3.11. The van der Waals surface area contributed by atoms with Gasteiger partial charge >= 0.3 is 0 Å². The predicted molar refractivity (Wildman–Crippen MR) is 68.1 cm³/mol. The standard InChI is InChI=1S/C14H17N3O/c18-13(14-15-9-16-17-14)8-11-6-3-5-10-4-1-2-7-12(10)11/h1-2,4,7,9,11,13,18H,3,5-6,8H2,(H,15,16,17). The van der Waals surface area contributed by atoms with Crippen LogP contribution in [0.15, 0.2) is 30.6 Å². The van der Waals surface area contributed by atoms with Crippen molar-refractivity contribution in [3.05, 3.63) is 47.5 Å². The smallest absolute Gasteiger partial charge is 0.153 e. The van der Waals surface area contributed by atoms with E-state index in [-0.39, 0.29) is 0 Å². The van der Waals surface area contributed by atoms with E-state index in [1.54, 1.807) is 0 Å². The van der Waals surface area contributed by atoms with Crippen LogP contribution < -0.4 is 0 Å². The molecule has 0 saturated heterocycles. The third-order valence-corrected chi connectivity index (χ3v) is 3.75. The molecule has 4 nitrogen and oxygen atoms in total. The fourth-order valence-electron chi connectivity index (χ4n) is 2.86. The van der Waals surface area contributed by atoms with Crippen molar-refractivity contribution in [3.8, 4) is 0 Å². The lowest BCUT2D eigenvalue weighted by Crippen LogP contribution is -2.13. The molecule has 0 radical (unpaired) electrons. The summed E-state index contributed by atoms with van der Waals surface area (Å²) in [5.41, 5.74) is 2.82. The Hall–Kier alpha value is -1.68. The van der Waals surface area contributed by atoms with Crippen LogP contribution in [0.1, 0.15) is 48.2 Å². The fourth-order valence-corrected chi connectivity index (χ4v) is 2.86. The van der Waals surface area contributed by atoms with E-state index in [4.69, 9.17) is 0 Å². The summed E-state index contributed by atoms with van der Waals surface area (Å²) in [6, 6.07) is 8.56. The summed E-state index contributed by atoms with van der Waals surface area (Å²) in [4.78, 5) is 4.02. The Morgan fingerprint density at radius 1 is 1.39 bits per heavy atom. The molecule has 0 fully saturated rings. The second-order valence-electron chi connectivity index (χ2n) is 4.91. The van der Waals surface area contributed by atoms with E-state index in [0.717, 1.165) is 12.8 Å². The number of nitrogens with zero attached hydrogens (tertiary/aromatic N) is 2. The van der Waals surface area contributed by atoms with Crippen LogP contribution in [0.4, 0.5) is 0 Å². The lowest BCUT2D eigenvalue weighted by molar-refractivity contribution is 0.145. The number of aromatic amines is 1. The molecule has 1 aromatic carbocycles. The van der Waals surface area contributed by atoms with E-state index in [1.807, 2.05) is 0 Å². The maximum atomic E-state index is 10.2. The molecule has 0 amide bonds. The van der Waals surface area contributed by atoms with Gasteiger partial charge in [0.25, 0.3) is 0 Å². The van der Waals surface area contributed by atoms with Crippen molar-refractivity contribution in [1.82, 2.24) is 15.2 Å². The van der Waals surface area contributed by atoms with E-state index in [0.29, 0.717) is 18.2 Å². The largest absolute Gasteiger partial charge is 0.385 e. The second-order valence-corrected chi connectivity index (χ2v) is 4.91. The number of nitrogens with one attached hydrogen (secondary N) is 1. The summed E-state index contributed by atoms with van der Waals surface area (Å²) in [6.07, 6.45) is 5.10. The lowest BCUT2D eigenvalue weighted by atomic mass is 9.80. The number of rotatable bonds is 3. The van der Waals surface area contributed by atoms with E-state index in [9.17, 15) is 5.11 Å². The van der Waals surface area contributed by atoms with E-state index in [2.05, 4.69) is 39.4 Å². The molecule has 2 atom stereocenters. The molecule has 1 aliphatic rings. The molecule has 2 unspecified atom stereocenters. The molecule has 0 bridgehead atoms. The third-order valence-electron chi connectivity index (χ3n) is 3.75. The zero-order chi connectivity index (χ0) is 12.4. The highest BCUT2D eigenvalue weighted by atomic mass is 16.3. The molecule has 3 rings (SSSR count). The molecule has 0 saturated carbocycles. The van der Waals surface area contributed by atoms with E-state index < -0.39 is 6.10 Å². The van der Waals surface area contributed by atoms with Gasteiger partial charge in [0, 0.05) is 0 Å². The van der Waals surface area contributed by atoms with Gasteiger partial charge in [-0.2, -0.15) is 5.10 Å². The summed E-state index contributed by atoms with van der Waals surface area (Å²) in [5, 5.41) is 16.7. The second kappa shape index (κ2) is 4.90. The average molecular weight is 243 g/mol. The first-order valence-corrected chi connectivity index (χ1v) is 6.45. The minimum absolute atomic E-state index is 0.426. The summed E-state index contributed by atoms with van der Waals surface area (Å²) >= 11 is 0. The zero-order valence-corrected chi connectivity index (χ0v) is 10.2. The Morgan fingerprint density at radius 3 is 3.11 bits per heavy atom. The van der Waals surface area contributed by atoms with Crippen molar-refractivity contribution in [2.24, 2.45) is 0 Å². The quantitative estimate of drug-likeness (QED) is 0.869. The van der Waals surface area contributed by atoms with Gasteiger partial charge < -0.3 is 5.11 Å². The summed E-state index contributed by atoms with van der Waals surface area (Å²) in [6.45, 7) is 0. The monoisotopic (exact) mass is 243 g/mol. The maximum Gasteiger partial charge on any atom is 0.153 e. The number of aryl methyl sites for hydroxylation is 1. The van der Waals surface area contributed by atoms with Crippen molar-refractivity contribution in [2.45, 2.75) is 37.7 Å². The topological polar surface area (TPSA) is 61.8 Å². The van der Waals surface area contributed by atoms with Gasteiger partial charge in [0.05, 0.1) is 0 Å². The first-order valence-electron chi connectivity index (χ1n) is 6.45. The Balaban J connectivity index is 1.78. The molecule has 18 heavy (non-hydrogen) atoms. The highest BCUT2D eigenvalue weighted by molar-refractivity contribution is 5.32. The Labute approximate surface area is 106 Å². The first kappa shape index (κ1) is 11.4. The summed E-state index contributed by atoms with van der Waals surface area (Å²) in [7, 11) is 0. The van der Waals surface area contributed by atoms with Gasteiger partial charge in [0.2, 0.25) is 0 Å². The number of benzene rings is 1. The number of hydrogen-bond acceptors (Lipinski definition) is 3. The molecule has 0 spiro atoms. The average Bonchev–Trinajstić information content (AvgIpc) is 2.93. The van der Waals surface area contributed by atoms with Crippen LogP contribution in [-0.2, 0) is 6.42 Å². The van der Waals surface area contributed by atoms with Crippen LogP contribution in [0.25, 0.3) is 0 Å². The van der Waals surface area contributed by atoms with Crippen LogP contribution in [0, 0.1) is 0 Å². The fraction of sp³-hybridized carbons (Fsp3) is 0.429. The van der Waals surface area contributed by atoms with E-state index >= 15 is 0 Å². The van der Waals surface area contributed by atoms with Crippen LogP contribution >= 0.6 is 0 Å². The van der Waals surface area contributed by atoms with Gasteiger partial charge in [-0.1, -0.05) is 24.3 Å². The van der Waals surface area contributed by atoms with Crippen molar-refractivity contribution in [1.29, 1.82) is 0 Å². The lowest BCUT2D eigenvalue weighted by Gasteiger charge is -2.26. The van der Waals surface area contributed by atoms with Gasteiger partial charge in [-0.3, -0.25) is 5.10 Å². The first-order chi connectivity index (χ1) is 8.84. The number of aliphatic hydroxyl groups is 1. The molecular weight excluding hydrogens is 226 g/mol. The van der Waals surface area contributed by atoms with Gasteiger partial charge in [-0.05, 0) is 42.7 Å². The summed E-state index contributed by atoms with van der Waals surface area (Å²) in [5.74, 6) is 0.994. The van der Waals surface area contributed by atoms with Crippen LogP contribution in [0.5, 0.6) is 0 Å². The van der Waals surface area contributed by atoms with Crippen molar-refractivity contribution < 1.29 is 5.11 Å². The molecule has 0 aliphatic heterocycles. The van der Waals surface area contributed by atoms with Gasteiger partial charge in [0.1, 0.15) is 12.4 Å². The number of hydrogen-bond donors (Lipinski definition) is 2. The Morgan fingerprint density at radius 2 is 2.28 bits per heavy atom. The molecule has 4 heteroatoms. The molecular formula is C14H17N3O. The van der Waals surface area contributed by atoms with E-state index in [1.165, 1.54) is 23.9 Å². The molecule has 2 N–H and O–H groups in total. The van der Waals surface area contributed by atoms with Crippen molar-refractivity contribution in [3.63, 3.8) is 0 Å². The van der Waals surface area contributed by atoms with Crippen molar-refractivity contribution in [2.75, 3.05) is 0 Å². The van der Waals surface area contributed by atoms with Crippen LogP contribution in [-0.4, -0.2) is 20.3 Å². The molecule has 1 aliphatic carbocycles. The van der Waals surface area contributed by atoms with Gasteiger partial charge in [0.15, 0.2) is 5.82 Å². The number of aliphatic hydroxyl groups excluding tert-OH is 1. The molecule has 2 aromatic rings. The summed E-state index contributed by atoms with van der Waals surface area (Å²) < 4.78 is 0. The zero-order valence-electron chi connectivity index (χ0n) is 10.2. The minimum Gasteiger partial charge on any atom is -0.385 e. The minimum atomic E-state index is -0.552. The van der Waals surface area contributed by atoms with Crippen molar-refractivity contribution >= 4 is 0 Å². The maximum absolute atomic E-state index is 10.2. The number of H-pyrrole nitrogens is 1. The highest BCUT2D eigenvalue weighted by Crippen LogP contribution is 2.36. The highest BCUT2D eigenvalue weighted by Gasteiger charge is 2.24. The number of fused-ring (bicyclic) bond motifs is 1.